The van der Waals surface area contributed by atoms with Crippen LogP contribution >= 0.6 is 0 Å². The summed E-state index contributed by atoms with van der Waals surface area (Å²) < 4.78 is 0. The van der Waals surface area contributed by atoms with Gasteiger partial charge in [0.05, 0.1) is 0 Å². The minimum Gasteiger partial charge on any atom is -0.437 e. The molecule has 0 aromatic rings. The van der Waals surface area contributed by atoms with Crippen LogP contribution in [0.3, 0.4) is 0 Å². The predicted octanol–water partition coefficient (Wildman–Crippen LogP) is 1.05. The summed E-state index contributed by atoms with van der Waals surface area (Å²) in [7, 11) is -0.262. The van der Waals surface area contributed by atoms with Gasteiger partial charge < -0.3 is 14.7 Å². The van der Waals surface area contributed by atoms with Crippen LogP contribution < -0.4 is 0 Å². The Morgan fingerprint density at radius 1 is 1.13 bits per heavy atom. The average molecular weight is 210 g/mol. The van der Waals surface area contributed by atoms with Crippen LogP contribution in [0.1, 0.15) is 32.1 Å². The van der Waals surface area contributed by atoms with Crippen LogP contribution in [0.25, 0.3) is 0 Å². The number of rotatable bonds is 3. The van der Waals surface area contributed by atoms with Crippen LogP contribution in [0.2, 0.25) is 6.82 Å². The molecule has 0 aromatic carbocycles. The molecular weight excluding hydrogens is 187 g/mol. The largest absolute Gasteiger partial charge is 0.437 e. The lowest BCUT2D eigenvalue weighted by Gasteiger charge is -2.33. The molecule has 2 saturated heterocycles. The molecule has 1 N–H and O–H groups in total. The quantitative estimate of drug-likeness (QED) is 0.705. The van der Waals surface area contributed by atoms with E-state index in [9.17, 15) is 5.02 Å². The van der Waals surface area contributed by atoms with Crippen LogP contribution in [0.4, 0.5) is 0 Å². The van der Waals surface area contributed by atoms with Crippen molar-refractivity contribution in [2.75, 3.05) is 26.2 Å². The van der Waals surface area contributed by atoms with Crippen LogP contribution in [0, 0.1) is 0 Å². The Morgan fingerprint density at radius 3 is 2.53 bits per heavy atom. The van der Waals surface area contributed by atoms with E-state index in [0.29, 0.717) is 6.04 Å². The second-order valence-electron chi connectivity index (χ2n) is 5.03. The molecule has 2 heterocycles. The second-order valence-corrected chi connectivity index (χ2v) is 5.03. The van der Waals surface area contributed by atoms with Gasteiger partial charge >= 0.3 is 7.05 Å². The average Bonchev–Trinajstić information content (AvgIpc) is 2.67. The molecule has 0 bridgehead atoms. The zero-order chi connectivity index (χ0) is 10.7. The summed E-state index contributed by atoms with van der Waals surface area (Å²) in [5.74, 6) is 0. The summed E-state index contributed by atoms with van der Waals surface area (Å²) >= 11 is 0. The van der Waals surface area contributed by atoms with Gasteiger partial charge in [-0.25, -0.2) is 0 Å². The van der Waals surface area contributed by atoms with Gasteiger partial charge in [-0.1, -0.05) is 6.42 Å². The highest BCUT2D eigenvalue weighted by atomic mass is 16.2. The van der Waals surface area contributed by atoms with E-state index in [4.69, 9.17) is 0 Å². The molecule has 0 aliphatic carbocycles. The Hall–Kier alpha value is -0.0551. The number of piperidine rings is 1. The fourth-order valence-corrected chi connectivity index (χ4v) is 2.99. The van der Waals surface area contributed by atoms with E-state index in [1.807, 2.05) is 6.82 Å². The van der Waals surface area contributed by atoms with E-state index in [1.54, 1.807) is 0 Å². The SMILES string of the molecule is CB(O)N1CCC[C@H]1CN1CCCCC1. The van der Waals surface area contributed by atoms with Crippen molar-refractivity contribution >= 4 is 7.05 Å². The number of likely N-dealkylation sites (tertiary alicyclic amines) is 1. The van der Waals surface area contributed by atoms with Gasteiger partial charge in [-0.15, -0.1) is 0 Å². The van der Waals surface area contributed by atoms with Crippen molar-refractivity contribution in [3.8, 4) is 0 Å². The number of nitrogens with zero attached hydrogens (tertiary/aromatic N) is 2. The summed E-state index contributed by atoms with van der Waals surface area (Å²) in [6, 6.07) is 0.600. The molecule has 86 valence electrons. The van der Waals surface area contributed by atoms with Crippen LogP contribution in [0.5, 0.6) is 0 Å². The molecule has 0 unspecified atom stereocenters. The maximum Gasteiger partial charge on any atom is 0.376 e. The first kappa shape index (κ1) is 11.4. The lowest BCUT2D eigenvalue weighted by Crippen LogP contribution is -2.47. The summed E-state index contributed by atoms with van der Waals surface area (Å²) in [5, 5.41) is 9.66. The summed E-state index contributed by atoms with van der Waals surface area (Å²) in [5.41, 5.74) is 0. The van der Waals surface area contributed by atoms with E-state index in [0.717, 1.165) is 6.54 Å². The molecular formula is C11H23BN2O. The van der Waals surface area contributed by atoms with Gasteiger partial charge in [-0.2, -0.15) is 0 Å². The van der Waals surface area contributed by atoms with Gasteiger partial charge in [-0.05, 0) is 52.1 Å². The topological polar surface area (TPSA) is 26.7 Å². The van der Waals surface area contributed by atoms with Gasteiger partial charge in [0.2, 0.25) is 0 Å². The molecule has 0 aromatic heterocycles. The van der Waals surface area contributed by atoms with Crippen molar-refractivity contribution in [2.45, 2.75) is 45.0 Å². The van der Waals surface area contributed by atoms with Crippen LogP contribution in [0.15, 0.2) is 0 Å². The summed E-state index contributed by atoms with van der Waals surface area (Å²) in [6.07, 6.45) is 6.65. The standard InChI is InChI=1S/C11H23BN2O/c1-12(15)14-9-5-6-11(14)10-13-7-3-2-4-8-13/h11,15H,2-10H2,1H3/t11-/m0/s1. The van der Waals surface area contributed by atoms with E-state index in [1.165, 1.54) is 51.7 Å². The highest BCUT2D eigenvalue weighted by Crippen LogP contribution is 2.20. The van der Waals surface area contributed by atoms with E-state index >= 15 is 0 Å². The van der Waals surface area contributed by atoms with E-state index in [-0.39, 0.29) is 7.05 Å². The summed E-state index contributed by atoms with van der Waals surface area (Å²) in [4.78, 5) is 4.84. The lowest BCUT2D eigenvalue weighted by atomic mass is 9.84. The molecule has 2 aliphatic heterocycles. The Labute approximate surface area is 93.6 Å². The van der Waals surface area contributed by atoms with Gasteiger partial charge in [0, 0.05) is 12.6 Å². The van der Waals surface area contributed by atoms with Crippen LogP contribution in [-0.4, -0.2) is 54.0 Å². The minimum atomic E-state index is -0.262. The first-order valence-electron chi connectivity index (χ1n) is 6.43. The van der Waals surface area contributed by atoms with Crippen molar-refractivity contribution in [3.63, 3.8) is 0 Å². The monoisotopic (exact) mass is 210 g/mol. The molecule has 0 spiro atoms. The molecule has 2 rings (SSSR count). The van der Waals surface area contributed by atoms with E-state index < -0.39 is 0 Å². The van der Waals surface area contributed by atoms with Crippen molar-refractivity contribution in [3.05, 3.63) is 0 Å². The van der Waals surface area contributed by atoms with Gasteiger partial charge in [-0.3, -0.25) is 0 Å². The Bertz CT molecular complexity index is 195. The molecule has 3 nitrogen and oxygen atoms in total. The number of hydrogen-bond donors (Lipinski definition) is 1. The normalized spacial score (nSPS) is 29.6. The van der Waals surface area contributed by atoms with Crippen molar-refractivity contribution in [2.24, 2.45) is 0 Å². The Kier molecular flexibility index (Phi) is 4.06. The van der Waals surface area contributed by atoms with Crippen molar-refractivity contribution in [1.29, 1.82) is 0 Å². The molecule has 0 amide bonds. The zero-order valence-electron chi connectivity index (χ0n) is 9.86. The maximum atomic E-state index is 9.66. The fourth-order valence-electron chi connectivity index (χ4n) is 2.99. The lowest BCUT2D eigenvalue weighted by molar-refractivity contribution is 0.182. The third-order valence-corrected chi connectivity index (χ3v) is 3.82. The molecule has 15 heavy (non-hydrogen) atoms. The highest BCUT2D eigenvalue weighted by molar-refractivity contribution is 6.45. The maximum absolute atomic E-state index is 9.66. The first-order valence-corrected chi connectivity index (χ1v) is 6.43. The molecule has 2 aliphatic rings. The van der Waals surface area contributed by atoms with Crippen molar-refractivity contribution in [1.82, 2.24) is 9.71 Å². The van der Waals surface area contributed by atoms with Gasteiger partial charge in [0.1, 0.15) is 0 Å². The Morgan fingerprint density at radius 2 is 1.87 bits per heavy atom. The molecule has 2 fully saturated rings. The Balaban J connectivity index is 1.81. The third-order valence-electron chi connectivity index (χ3n) is 3.82. The van der Waals surface area contributed by atoms with Gasteiger partial charge in [0.25, 0.3) is 0 Å². The molecule has 0 radical (unpaired) electrons. The minimum absolute atomic E-state index is 0.262. The fraction of sp³-hybridized carbons (Fsp3) is 1.00. The molecule has 4 heteroatoms. The van der Waals surface area contributed by atoms with Gasteiger partial charge in [0.15, 0.2) is 0 Å². The third kappa shape index (κ3) is 2.96. The van der Waals surface area contributed by atoms with Crippen LogP contribution in [-0.2, 0) is 0 Å². The first-order chi connectivity index (χ1) is 7.27. The second kappa shape index (κ2) is 5.33. The predicted molar refractivity (Wildman–Crippen MR) is 63.9 cm³/mol. The molecule has 1 atom stereocenters. The highest BCUT2D eigenvalue weighted by Gasteiger charge is 2.31. The molecule has 0 saturated carbocycles. The smallest absolute Gasteiger partial charge is 0.376 e. The van der Waals surface area contributed by atoms with Crippen molar-refractivity contribution < 1.29 is 5.02 Å². The van der Waals surface area contributed by atoms with E-state index in [2.05, 4.69) is 9.71 Å². The zero-order valence-corrected chi connectivity index (χ0v) is 9.86. The number of hydrogen-bond acceptors (Lipinski definition) is 3. The summed E-state index contributed by atoms with van der Waals surface area (Å²) in [6.45, 7) is 6.68.